The summed E-state index contributed by atoms with van der Waals surface area (Å²) < 4.78 is 5.16. The lowest BCUT2D eigenvalue weighted by Crippen LogP contribution is -2.03. The normalized spacial score (nSPS) is 12.4. The molecule has 2 rings (SSSR count). The van der Waals surface area contributed by atoms with Gasteiger partial charge < -0.3 is 9.84 Å². The second kappa shape index (κ2) is 5.19. The molecule has 2 aromatic carbocycles. The van der Waals surface area contributed by atoms with Crippen LogP contribution in [0.25, 0.3) is 10.8 Å². The minimum Gasteiger partial charge on any atom is -0.497 e. The lowest BCUT2D eigenvalue weighted by Gasteiger charge is -2.10. The van der Waals surface area contributed by atoms with Crippen LogP contribution in [0, 0.1) is 0 Å². The van der Waals surface area contributed by atoms with E-state index in [0.717, 1.165) is 22.1 Å². The molecule has 0 spiro atoms. The molecule has 0 saturated carbocycles. The van der Waals surface area contributed by atoms with Crippen molar-refractivity contribution in [3.8, 4) is 5.75 Å². The maximum Gasteiger partial charge on any atom is 0.132 e. The van der Waals surface area contributed by atoms with E-state index in [1.807, 2.05) is 36.4 Å². The monoisotopic (exact) mass is 244 g/mol. The highest BCUT2D eigenvalue weighted by Crippen LogP contribution is 2.25. The zero-order valence-electron chi connectivity index (χ0n) is 10.5. The molecule has 0 amide bonds. The summed E-state index contributed by atoms with van der Waals surface area (Å²) in [6.45, 7) is 1.48. The van der Waals surface area contributed by atoms with Crippen LogP contribution in [-0.2, 0) is 4.79 Å². The van der Waals surface area contributed by atoms with Gasteiger partial charge in [0.15, 0.2) is 0 Å². The predicted molar refractivity (Wildman–Crippen MR) is 70.8 cm³/mol. The largest absolute Gasteiger partial charge is 0.497 e. The van der Waals surface area contributed by atoms with Gasteiger partial charge in [-0.3, -0.25) is 4.79 Å². The number of Topliss-reactive ketones (excluding diaryl/α,β-unsaturated/α-hetero) is 1. The van der Waals surface area contributed by atoms with E-state index in [1.54, 1.807) is 7.11 Å². The Morgan fingerprint density at radius 2 is 1.89 bits per heavy atom. The summed E-state index contributed by atoms with van der Waals surface area (Å²) >= 11 is 0. The van der Waals surface area contributed by atoms with Gasteiger partial charge in [-0.2, -0.15) is 0 Å². The van der Waals surface area contributed by atoms with Crippen molar-refractivity contribution in [3.63, 3.8) is 0 Å². The average molecular weight is 244 g/mol. The van der Waals surface area contributed by atoms with Gasteiger partial charge in [0.25, 0.3) is 0 Å². The van der Waals surface area contributed by atoms with Crippen LogP contribution in [-0.4, -0.2) is 18.0 Å². The van der Waals surface area contributed by atoms with Gasteiger partial charge in [0.1, 0.15) is 11.5 Å². The Morgan fingerprint density at radius 1 is 1.22 bits per heavy atom. The van der Waals surface area contributed by atoms with Crippen LogP contribution in [0.2, 0.25) is 0 Å². The molecule has 0 radical (unpaired) electrons. The minimum atomic E-state index is -0.728. The van der Waals surface area contributed by atoms with Gasteiger partial charge in [0.2, 0.25) is 0 Å². The van der Waals surface area contributed by atoms with Crippen LogP contribution in [0.4, 0.5) is 0 Å². The molecule has 1 N–H and O–H groups in total. The molecule has 1 atom stereocenters. The van der Waals surface area contributed by atoms with Gasteiger partial charge in [-0.15, -0.1) is 0 Å². The van der Waals surface area contributed by atoms with Gasteiger partial charge in [-0.25, -0.2) is 0 Å². The van der Waals surface area contributed by atoms with Gasteiger partial charge in [-0.05, 0) is 41.5 Å². The fourth-order valence-electron chi connectivity index (χ4n) is 1.97. The highest BCUT2D eigenvalue weighted by molar-refractivity contribution is 5.85. The number of methoxy groups -OCH3 is 1. The quantitative estimate of drug-likeness (QED) is 0.899. The number of hydrogen-bond acceptors (Lipinski definition) is 3. The molecule has 0 heterocycles. The zero-order valence-corrected chi connectivity index (χ0v) is 10.5. The predicted octanol–water partition coefficient (Wildman–Crippen LogP) is 2.86. The van der Waals surface area contributed by atoms with Crippen molar-refractivity contribution in [2.24, 2.45) is 0 Å². The molecular weight excluding hydrogens is 228 g/mol. The molecule has 2 aromatic rings. The molecule has 3 nitrogen and oxygen atoms in total. The van der Waals surface area contributed by atoms with E-state index in [0.29, 0.717) is 0 Å². The van der Waals surface area contributed by atoms with E-state index < -0.39 is 6.10 Å². The summed E-state index contributed by atoms with van der Waals surface area (Å²) in [5.74, 6) is 0.789. The highest BCUT2D eigenvalue weighted by Gasteiger charge is 2.10. The Balaban J connectivity index is 2.35. The first-order valence-electron chi connectivity index (χ1n) is 5.85. The number of ether oxygens (including phenoxy) is 1. The van der Waals surface area contributed by atoms with Crippen LogP contribution < -0.4 is 4.74 Å². The third kappa shape index (κ3) is 2.68. The Labute approximate surface area is 106 Å². The van der Waals surface area contributed by atoms with Crippen molar-refractivity contribution >= 4 is 16.6 Å². The second-order valence-corrected chi connectivity index (χ2v) is 4.39. The van der Waals surface area contributed by atoms with Crippen LogP contribution in [0.3, 0.4) is 0 Å². The first-order valence-corrected chi connectivity index (χ1v) is 5.85. The SMILES string of the molecule is COc1ccc2cc([C@H](O)CC(C)=O)ccc2c1. The van der Waals surface area contributed by atoms with E-state index in [9.17, 15) is 9.90 Å². The number of ketones is 1. The average Bonchev–Trinajstić information content (AvgIpc) is 2.36. The topological polar surface area (TPSA) is 46.5 Å². The minimum absolute atomic E-state index is 0.0164. The van der Waals surface area contributed by atoms with E-state index in [2.05, 4.69) is 0 Å². The van der Waals surface area contributed by atoms with Crippen molar-refractivity contribution in [2.75, 3.05) is 7.11 Å². The van der Waals surface area contributed by atoms with Crippen molar-refractivity contribution in [1.29, 1.82) is 0 Å². The van der Waals surface area contributed by atoms with Crippen molar-refractivity contribution in [3.05, 3.63) is 42.0 Å². The van der Waals surface area contributed by atoms with Gasteiger partial charge >= 0.3 is 0 Å². The van der Waals surface area contributed by atoms with Crippen LogP contribution in [0.5, 0.6) is 5.75 Å². The van der Waals surface area contributed by atoms with Crippen molar-refractivity contribution in [2.45, 2.75) is 19.4 Å². The highest BCUT2D eigenvalue weighted by atomic mass is 16.5. The molecule has 3 heteroatoms. The molecule has 0 unspecified atom stereocenters. The molecule has 0 aromatic heterocycles. The van der Waals surface area contributed by atoms with Gasteiger partial charge in [-0.1, -0.05) is 18.2 Å². The molecule has 0 aliphatic rings. The number of hydrogen-bond donors (Lipinski definition) is 1. The number of benzene rings is 2. The fourth-order valence-corrected chi connectivity index (χ4v) is 1.97. The summed E-state index contributed by atoms with van der Waals surface area (Å²) in [5, 5.41) is 12.0. The van der Waals surface area contributed by atoms with Crippen molar-refractivity contribution in [1.82, 2.24) is 0 Å². The first kappa shape index (κ1) is 12.6. The number of carbonyl (C=O) groups excluding carboxylic acids is 1. The van der Waals surface area contributed by atoms with Crippen LogP contribution >= 0.6 is 0 Å². The maximum atomic E-state index is 11.0. The third-order valence-corrected chi connectivity index (χ3v) is 2.94. The van der Waals surface area contributed by atoms with Gasteiger partial charge in [0.05, 0.1) is 13.2 Å². The summed E-state index contributed by atoms with van der Waals surface area (Å²) in [7, 11) is 1.63. The summed E-state index contributed by atoms with van der Waals surface area (Å²) in [6, 6.07) is 11.4. The fraction of sp³-hybridized carbons (Fsp3) is 0.267. The molecular formula is C15H16O3. The number of fused-ring (bicyclic) bond motifs is 1. The number of rotatable bonds is 4. The van der Waals surface area contributed by atoms with E-state index in [-0.39, 0.29) is 12.2 Å². The number of carbonyl (C=O) groups is 1. The molecule has 18 heavy (non-hydrogen) atoms. The van der Waals surface area contributed by atoms with E-state index in [4.69, 9.17) is 4.74 Å². The summed E-state index contributed by atoms with van der Waals surface area (Å²) in [6.07, 6.45) is -0.573. The standard InChI is InChI=1S/C15H16O3/c1-10(16)7-15(17)13-4-3-12-9-14(18-2)6-5-11(12)8-13/h3-6,8-9,15,17H,7H2,1-2H3/t15-/m1/s1. The Morgan fingerprint density at radius 3 is 2.56 bits per heavy atom. The molecule has 0 aliphatic carbocycles. The smallest absolute Gasteiger partial charge is 0.132 e. The Bertz CT molecular complexity index is 575. The number of aliphatic hydroxyl groups excluding tert-OH is 1. The molecule has 0 aliphatic heterocycles. The van der Waals surface area contributed by atoms with Crippen LogP contribution in [0.15, 0.2) is 36.4 Å². The summed E-state index contributed by atoms with van der Waals surface area (Å²) in [4.78, 5) is 11.0. The Kier molecular flexibility index (Phi) is 3.63. The van der Waals surface area contributed by atoms with Gasteiger partial charge in [0, 0.05) is 6.42 Å². The third-order valence-electron chi connectivity index (χ3n) is 2.94. The molecule has 0 bridgehead atoms. The Hall–Kier alpha value is -1.87. The lowest BCUT2D eigenvalue weighted by atomic mass is 10.0. The molecule has 0 fully saturated rings. The van der Waals surface area contributed by atoms with E-state index >= 15 is 0 Å². The maximum absolute atomic E-state index is 11.0. The summed E-state index contributed by atoms with van der Waals surface area (Å²) in [5.41, 5.74) is 0.767. The van der Waals surface area contributed by atoms with Crippen molar-refractivity contribution < 1.29 is 14.6 Å². The molecule has 94 valence electrons. The lowest BCUT2D eigenvalue weighted by molar-refractivity contribution is -0.118. The first-order chi connectivity index (χ1) is 8.60. The van der Waals surface area contributed by atoms with Crippen LogP contribution in [0.1, 0.15) is 25.0 Å². The molecule has 0 saturated heterocycles. The zero-order chi connectivity index (χ0) is 13.1. The van der Waals surface area contributed by atoms with E-state index in [1.165, 1.54) is 6.92 Å². The number of aliphatic hydroxyl groups is 1. The second-order valence-electron chi connectivity index (χ2n) is 4.39.